The van der Waals surface area contributed by atoms with Crippen molar-refractivity contribution in [3.63, 3.8) is 0 Å². The summed E-state index contributed by atoms with van der Waals surface area (Å²) in [7, 11) is 0. The maximum absolute atomic E-state index is 6.16. The Bertz CT molecular complexity index is 2770. The van der Waals surface area contributed by atoms with E-state index in [0.717, 1.165) is 49.8 Å². The number of aromatic nitrogens is 1. The third-order valence-corrected chi connectivity index (χ3v) is 10.1. The molecule has 5 nitrogen and oxygen atoms in total. The summed E-state index contributed by atoms with van der Waals surface area (Å²) in [6.45, 7) is 0. The SMILES string of the molecule is c1ccc(C2N=C(c3ccc(-c4ccc(-c5cccc6oc7ncccc7c56)c5ccccc45)c4ccccc34)NC(c3ccccc3)N2)cc1. The van der Waals surface area contributed by atoms with Crippen molar-refractivity contribution >= 4 is 49.4 Å². The van der Waals surface area contributed by atoms with Crippen LogP contribution in [-0.4, -0.2) is 10.8 Å². The highest BCUT2D eigenvalue weighted by atomic mass is 16.3. The highest BCUT2D eigenvalue weighted by Gasteiger charge is 2.26. The van der Waals surface area contributed by atoms with Crippen molar-refractivity contribution in [2.45, 2.75) is 12.3 Å². The van der Waals surface area contributed by atoms with Crippen LogP contribution in [0.25, 0.3) is 65.9 Å². The van der Waals surface area contributed by atoms with Gasteiger partial charge < -0.3 is 9.73 Å². The van der Waals surface area contributed by atoms with E-state index in [2.05, 4.69) is 161 Å². The third kappa shape index (κ3) is 4.98. The molecule has 1 aliphatic heterocycles. The molecular weight excluding hydrogens is 625 g/mol. The van der Waals surface area contributed by atoms with E-state index < -0.39 is 0 Å². The van der Waals surface area contributed by atoms with Crippen LogP contribution >= 0.6 is 0 Å². The van der Waals surface area contributed by atoms with Crippen molar-refractivity contribution in [2.75, 3.05) is 0 Å². The van der Waals surface area contributed by atoms with Gasteiger partial charge in [-0.3, -0.25) is 5.32 Å². The third-order valence-electron chi connectivity index (χ3n) is 10.1. The summed E-state index contributed by atoms with van der Waals surface area (Å²) in [6, 6.07) is 57.7. The zero-order chi connectivity index (χ0) is 33.7. The number of hydrogen-bond acceptors (Lipinski definition) is 5. The van der Waals surface area contributed by atoms with Gasteiger partial charge in [-0.25, -0.2) is 9.98 Å². The molecule has 0 saturated heterocycles. The lowest BCUT2D eigenvalue weighted by Crippen LogP contribution is -2.45. The van der Waals surface area contributed by atoms with Crippen molar-refractivity contribution < 1.29 is 4.42 Å². The summed E-state index contributed by atoms with van der Waals surface area (Å²) >= 11 is 0. The molecule has 2 atom stereocenters. The topological polar surface area (TPSA) is 62.5 Å². The molecule has 2 unspecified atom stereocenters. The maximum Gasteiger partial charge on any atom is 0.227 e. The number of amidine groups is 1. The van der Waals surface area contributed by atoms with Crippen molar-refractivity contribution in [1.82, 2.24) is 15.6 Å². The summed E-state index contributed by atoms with van der Waals surface area (Å²) in [6.07, 6.45) is 1.47. The number of furan rings is 1. The Morgan fingerprint density at radius 1 is 0.451 bits per heavy atom. The molecule has 3 heterocycles. The van der Waals surface area contributed by atoms with Gasteiger partial charge in [0.1, 0.15) is 23.8 Å². The molecule has 0 amide bonds. The first-order valence-corrected chi connectivity index (χ1v) is 17.3. The largest absolute Gasteiger partial charge is 0.438 e. The average Bonchev–Trinajstić information content (AvgIpc) is 3.60. The first-order valence-electron chi connectivity index (χ1n) is 17.3. The van der Waals surface area contributed by atoms with Gasteiger partial charge in [-0.2, -0.15) is 0 Å². The van der Waals surface area contributed by atoms with Gasteiger partial charge in [0.05, 0.1) is 0 Å². The fourth-order valence-electron chi connectivity index (χ4n) is 7.71. The molecule has 0 spiro atoms. The molecule has 7 aromatic carbocycles. The van der Waals surface area contributed by atoms with Crippen LogP contribution in [0.3, 0.4) is 0 Å². The number of benzene rings is 7. The van der Waals surface area contributed by atoms with Gasteiger partial charge in [0.2, 0.25) is 5.71 Å². The van der Waals surface area contributed by atoms with Gasteiger partial charge in [-0.15, -0.1) is 0 Å². The minimum absolute atomic E-state index is 0.105. The minimum Gasteiger partial charge on any atom is -0.438 e. The Morgan fingerprint density at radius 3 is 1.67 bits per heavy atom. The van der Waals surface area contributed by atoms with Gasteiger partial charge in [0, 0.05) is 22.5 Å². The van der Waals surface area contributed by atoms with Crippen LogP contribution in [-0.2, 0) is 0 Å². The molecule has 1 aliphatic rings. The van der Waals surface area contributed by atoms with Crippen molar-refractivity contribution in [3.05, 3.63) is 187 Å². The van der Waals surface area contributed by atoms with E-state index in [-0.39, 0.29) is 12.3 Å². The number of fused-ring (bicyclic) bond motifs is 5. The summed E-state index contributed by atoms with van der Waals surface area (Å²) < 4.78 is 6.16. The van der Waals surface area contributed by atoms with Crippen LogP contribution in [0.2, 0.25) is 0 Å². The van der Waals surface area contributed by atoms with Crippen LogP contribution in [0.15, 0.2) is 179 Å². The highest BCUT2D eigenvalue weighted by Crippen LogP contribution is 2.43. The van der Waals surface area contributed by atoms with E-state index >= 15 is 0 Å². The van der Waals surface area contributed by atoms with E-state index in [1.165, 1.54) is 32.8 Å². The predicted octanol–water partition coefficient (Wildman–Crippen LogP) is 11.0. The van der Waals surface area contributed by atoms with Crippen molar-refractivity contribution in [3.8, 4) is 22.3 Å². The van der Waals surface area contributed by atoms with E-state index in [0.29, 0.717) is 5.71 Å². The Kier molecular flexibility index (Phi) is 6.96. The highest BCUT2D eigenvalue weighted by molar-refractivity contribution is 6.18. The molecule has 5 heteroatoms. The van der Waals surface area contributed by atoms with Crippen LogP contribution in [0.1, 0.15) is 29.0 Å². The van der Waals surface area contributed by atoms with Crippen molar-refractivity contribution in [1.29, 1.82) is 0 Å². The number of nitrogens with zero attached hydrogens (tertiary/aromatic N) is 2. The lowest BCUT2D eigenvalue weighted by molar-refractivity contribution is 0.409. The lowest BCUT2D eigenvalue weighted by Gasteiger charge is -2.32. The first kappa shape index (κ1) is 29.4. The Morgan fingerprint density at radius 2 is 1.00 bits per heavy atom. The maximum atomic E-state index is 6.16. The molecule has 0 saturated carbocycles. The molecule has 2 aromatic heterocycles. The number of nitrogens with one attached hydrogen (secondary N) is 2. The molecule has 2 N–H and O–H groups in total. The summed E-state index contributed by atoms with van der Waals surface area (Å²) in [5, 5.41) is 14.3. The molecule has 0 radical (unpaired) electrons. The van der Waals surface area contributed by atoms with Crippen LogP contribution in [0.4, 0.5) is 0 Å². The van der Waals surface area contributed by atoms with Gasteiger partial charge in [0.15, 0.2) is 0 Å². The van der Waals surface area contributed by atoms with E-state index in [4.69, 9.17) is 9.41 Å². The van der Waals surface area contributed by atoms with Crippen molar-refractivity contribution in [2.24, 2.45) is 4.99 Å². The van der Waals surface area contributed by atoms with Crippen LogP contribution in [0.5, 0.6) is 0 Å². The molecule has 10 rings (SSSR count). The van der Waals surface area contributed by atoms with E-state index in [1.807, 2.05) is 18.2 Å². The molecule has 0 fully saturated rings. The Labute approximate surface area is 294 Å². The quantitative estimate of drug-likeness (QED) is 0.194. The second-order valence-corrected chi connectivity index (χ2v) is 13.0. The number of rotatable bonds is 5. The summed E-state index contributed by atoms with van der Waals surface area (Å²) in [4.78, 5) is 9.76. The molecule has 0 bridgehead atoms. The fraction of sp³-hybridized carbons (Fsp3) is 0.0435. The number of pyridine rings is 1. The van der Waals surface area contributed by atoms with E-state index in [9.17, 15) is 0 Å². The minimum atomic E-state index is -0.199. The zero-order valence-corrected chi connectivity index (χ0v) is 27.6. The second-order valence-electron chi connectivity index (χ2n) is 13.0. The number of hydrogen-bond donors (Lipinski definition) is 2. The van der Waals surface area contributed by atoms with Crippen LogP contribution < -0.4 is 10.6 Å². The standard InChI is InChI=1S/C46H32N4O/c1-3-13-29(14-4-1)43-48-44(30-15-5-2-6-16-30)50-45(49-43)39-27-26-36(33-19-9-10-20-34(33)39)35-24-25-37(32-18-8-7-17-31(32)35)38-21-11-23-41-42(38)40-22-12-28-47-46(40)51-41/h1-28,43-44,48H,(H,49,50). The molecule has 9 aromatic rings. The second kappa shape index (κ2) is 12.1. The molecule has 51 heavy (non-hydrogen) atoms. The van der Waals surface area contributed by atoms with Gasteiger partial charge in [0.25, 0.3) is 0 Å². The van der Waals surface area contributed by atoms with Gasteiger partial charge >= 0.3 is 0 Å². The smallest absolute Gasteiger partial charge is 0.227 e. The van der Waals surface area contributed by atoms with Gasteiger partial charge in [-0.05, 0) is 73.1 Å². The van der Waals surface area contributed by atoms with Crippen LogP contribution in [0, 0.1) is 0 Å². The average molecular weight is 657 g/mol. The first-order chi connectivity index (χ1) is 25.3. The Hall–Kier alpha value is -6.56. The predicted molar refractivity (Wildman–Crippen MR) is 209 cm³/mol. The lowest BCUT2D eigenvalue weighted by atomic mass is 9.88. The fourth-order valence-corrected chi connectivity index (χ4v) is 7.71. The molecular formula is C46H32N4O. The summed E-state index contributed by atoms with van der Waals surface area (Å²) in [5.41, 5.74) is 9.53. The Balaban J connectivity index is 1.13. The normalized spacial score (nSPS) is 16.0. The zero-order valence-electron chi connectivity index (χ0n) is 27.6. The number of aliphatic imine (C=N–C) groups is 1. The summed E-state index contributed by atoms with van der Waals surface area (Å²) in [5.74, 6) is 0.870. The monoisotopic (exact) mass is 656 g/mol. The van der Waals surface area contributed by atoms with Gasteiger partial charge in [-0.1, -0.05) is 146 Å². The molecule has 0 aliphatic carbocycles. The van der Waals surface area contributed by atoms with E-state index in [1.54, 1.807) is 6.20 Å². The molecule has 242 valence electrons.